The molecule has 0 aliphatic heterocycles. The maximum atomic E-state index is 13.4. The van der Waals surface area contributed by atoms with Gasteiger partial charge < -0.3 is 11.1 Å². The van der Waals surface area contributed by atoms with Crippen LogP contribution in [0.15, 0.2) is 30.5 Å². The third kappa shape index (κ3) is 2.69. The first kappa shape index (κ1) is 11.3. The Balaban J connectivity index is 2.12. The van der Waals surface area contributed by atoms with E-state index < -0.39 is 0 Å². The average molecular weight is 232 g/mol. The quantitative estimate of drug-likeness (QED) is 0.850. The standard InChI is InChI=1S/C12H13FN4/c1-8-6-16-12(14)17-11(8)15-7-9-4-2-3-5-10(9)13/h2-6H,7H2,1H3,(H3,14,15,16,17). The van der Waals surface area contributed by atoms with Gasteiger partial charge in [0.05, 0.1) is 0 Å². The maximum absolute atomic E-state index is 13.4. The van der Waals surface area contributed by atoms with Gasteiger partial charge in [0.2, 0.25) is 5.95 Å². The van der Waals surface area contributed by atoms with Crippen LogP contribution in [0.5, 0.6) is 0 Å². The molecule has 88 valence electrons. The van der Waals surface area contributed by atoms with E-state index in [1.54, 1.807) is 24.4 Å². The molecule has 17 heavy (non-hydrogen) atoms. The average Bonchev–Trinajstić information content (AvgIpc) is 2.32. The SMILES string of the molecule is Cc1cnc(N)nc1NCc1ccccc1F. The van der Waals surface area contributed by atoms with Gasteiger partial charge in [-0.2, -0.15) is 4.98 Å². The predicted molar refractivity (Wildman–Crippen MR) is 64.9 cm³/mol. The number of anilines is 2. The zero-order valence-corrected chi connectivity index (χ0v) is 9.44. The Kier molecular flexibility index (Phi) is 3.18. The molecule has 2 aromatic rings. The van der Waals surface area contributed by atoms with Crippen LogP contribution >= 0.6 is 0 Å². The van der Waals surface area contributed by atoms with Crippen LogP contribution in [0.4, 0.5) is 16.2 Å². The number of hydrogen-bond acceptors (Lipinski definition) is 4. The maximum Gasteiger partial charge on any atom is 0.221 e. The van der Waals surface area contributed by atoms with Crippen molar-refractivity contribution < 1.29 is 4.39 Å². The van der Waals surface area contributed by atoms with E-state index in [0.29, 0.717) is 17.9 Å². The highest BCUT2D eigenvalue weighted by Crippen LogP contribution is 2.13. The minimum absolute atomic E-state index is 0.201. The van der Waals surface area contributed by atoms with Crippen molar-refractivity contribution in [1.82, 2.24) is 9.97 Å². The molecule has 1 heterocycles. The van der Waals surface area contributed by atoms with Crippen LogP contribution in [-0.2, 0) is 6.54 Å². The molecule has 3 N–H and O–H groups in total. The van der Waals surface area contributed by atoms with Crippen molar-refractivity contribution in [1.29, 1.82) is 0 Å². The summed E-state index contributed by atoms with van der Waals surface area (Å²) < 4.78 is 13.4. The Bertz CT molecular complexity index is 528. The number of aromatic nitrogens is 2. The van der Waals surface area contributed by atoms with Crippen LogP contribution in [0.3, 0.4) is 0 Å². The number of nitrogens with zero attached hydrogens (tertiary/aromatic N) is 2. The van der Waals surface area contributed by atoms with Crippen molar-refractivity contribution in [3.05, 3.63) is 47.4 Å². The Morgan fingerprint density at radius 2 is 2.12 bits per heavy atom. The number of halogens is 1. The molecule has 0 amide bonds. The lowest BCUT2D eigenvalue weighted by Crippen LogP contribution is -2.07. The van der Waals surface area contributed by atoms with E-state index in [-0.39, 0.29) is 11.8 Å². The summed E-state index contributed by atoms with van der Waals surface area (Å²) in [7, 11) is 0. The Morgan fingerprint density at radius 3 is 2.88 bits per heavy atom. The molecule has 0 saturated carbocycles. The molecule has 0 atom stereocenters. The van der Waals surface area contributed by atoms with Crippen LogP contribution in [0, 0.1) is 12.7 Å². The summed E-state index contributed by atoms with van der Waals surface area (Å²) in [4.78, 5) is 7.92. The molecule has 1 aromatic heterocycles. The number of aryl methyl sites for hydroxylation is 1. The Labute approximate surface area is 98.7 Å². The lowest BCUT2D eigenvalue weighted by Gasteiger charge is -2.09. The van der Waals surface area contributed by atoms with E-state index in [1.807, 2.05) is 6.92 Å². The van der Waals surface area contributed by atoms with E-state index in [4.69, 9.17) is 5.73 Å². The molecular formula is C12H13FN4. The number of nitrogens with one attached hydrogen (secondary N) is 1. The van der Waals surface area contributed by atoms with E-state index in [0.717, 1.165) is 5.56 Å². The van der Waals surface area contributed by atoms with Gasteiger partial charge in [-0.05, 0) is 13.0 Å². The van der Waals surface area contributed by atoms with Crippen molar-refractivity contribution >= 4 is 11.8 Å². The summed E-state index contributed by atoms with van der Waals surface area (Å²) in [6, 6.07) is 6.61. The van der Waals surface area contributed by atoms with Crippen LogP contribution in [0.2, 0.25) is 0 Å². The first-order valence-electron chi connectivity index (χ1n) is 5.23. The molecule has 5 heteroatoms. The molecule has 0 aliphatic rings. The van der Waals surface area contributed by atoms with Gasteiger partial charge in [-0.25, -0.2) is 9.37 Å². The second kappa shape index (κ2) is 4.78. The van der Waals surface area contributed by atoms with Gasteiger partial charge >= 0.3 is 0 Å². The zero-order chi connectivity index (χ0) is 12.3. The van der Waals surface area contributed by atoms with Crippen LogP contribution < -0.4 is 11.1 Å². The highest BCUT2D eigenvalue weighted by atomic mass is 19.1. The van der Waals surface area contributed by atoms with Crippen molar-refractivity contribution in [2.75, 3.05) is 11.1 Å². The molecule has 2 rings (SSSR count). The van der Waals surface area contributed by atoms with Gasteiger partial charge in [-0.1, -0.05) is 18.2 Å². The number of nitrogen functional groups attached to an aromatic ring is 1. The third-order valence-electron chi connectivity index (χ3n) is 2.39. The number of benzene rings is 1. The molecule has 0 bridgehead atoms. The highest BCUT2D eigenvalue weighted by Gasteiger charge is 2.04. The molecule has 1 aromatic carbocycles. The fourth-order valence-electron chi connectivity index (χ4n) is 1.46. The second-order valence-corrected chi connectivity index (χ2v) is 3.70. The minimum atomic E-state index is -0.236. The number of rotatable bonds is 3. The summed E-state index contributed by atoms with van der Waals surface area (Å²) in [5.74, 6) is 0.590. The zero-order valence-electron chi connectivity index (χ0n) is 9.44. The Morgan fingerprint density at radius 1 is 1.35 bits per heavy atom. The third-order valence-corrected chi connectivity index (χ3v) is 2.39. The van der Waals surface area contributed by atoms with E-state index >= 15 is 0 Å². The molecular weight excluding hydrogens is 219 g/mol. The lowest BCUT2D eigenvalue weighted by atomic mass is 10.2. The molecule has 0 fully saturated rings. The van der Waals surface area contributed by atoms with Gasteiger partial charge in [-0.3, -0.25) is 0 Å². The topological polar surface area (TPSA) is 63.8 Å². The van der Waals surface area contributed by atoms with Gasteiger partial charge in [0, 0.05) is 23.9 Å². The fraction of sp³-hybridized carbons (Fsp3) is 0.167. The molecule has 0 aliphatic carbocycles. The van der Waals surface area contributed by atoms with E-state index in [9.17, 15) is 4.39 Å². The van der Waals surface area contributed by atoms with Gasteiger partial charge in [-0.15, -0.1) is 0 Å². The predicted octanol–water partition coefficient (Wildman–Crippen LogP) is 2.12. The first-order valence-corrected chi connectivity index (χ1v) is 5.23. The highest BCUT2D eigenvalue weighted by molar-refractivity contribution is 5.45. The van der Waals surface area contributed by atoms with Crippen LogP contribution in [-0.4, -0.2) is 9.97 Å². The van der Waals surface area contributed by atoms with Crippen molar-refractivity contribution in [3.63, 3.8) is 0 Å². The first-order chi connectivity index (χ1) is 8.16. The fourth-order valence-corrected chi connectivity index (χ4v) is 1.46. The molecule has 0 radical (unpaired) electrons. The van der Waals surface area contributed by atoms with Crippen molar-refractivity contribution in [2.24, 2.45) is 0 Å². The molecule has 0 unspecified atom stereocenters. The summed E-state index contributed by atoms with van der Waals surface area (Å²) in [6.45, 7) is 2.23. The van der Waals surface area contributed by atoms with Crippen molar-refractivity contribution in [3.8, 4) is 0 Å². The molecule has 0 spiro atoms. The number of hydrogen-bond donors (Lipinski definition) is 2. The van der Waals surface area contributed by atoms with E-state index in [2.05, 4.69) is 15.3 Å². The summed E-state index contributed by atoms with van der Waals surface area (Å²) in [5.41, 5.74) is 6.95. The monoisotopic (exact) mass is 232 g/mol. The smallest absolute Gasteiger partial charge is 0.221 e. The van der Waals surface area contributed by atoms with Gasteiger partial charge in [0.25, 0.3) is 0 Å². The summed E-state index contributed by atoms with van der Waals surface area (Å²) in [5, 5.41) is 3.04. The molecule has 0 saturated heterocycles. The van der Waals surface area contributed by atoms with Gasteiger partial charge in [0.1, 0.15) is 11.6 Å². The summed E-state index contributed by atoms with van der Waals surface area (Å²) >= 11 is 0. The normalized spacial score (nSPS) is 10.2. The largest absolute Gasteiger partial charge is 0.368 e. The van der Waals surface area contributed by atoms with Crippen LogP contribution in [0.25, 0.3) is 0 Å². The van der Waals surface area contributed by atoms with E-state index in [1.165, 1.54) is 6.07 Å². The van der Waals surface area contributed by atoms with Crippen LogP contribution in [0.1, 0.15) is 11.1 Å². The second-order valence-electron chi connectivity index (χ2n) is 3.70. The summed E-state index contributed by atoms with van der Waals surface area (Å²) in [6.07, 6.45) is 1.63. The Hall–Kier alpha value is -2.17. The lowest BCUT2D eigenvalue weighted by molar-refractivity contribution is 0.613. The van der Waals surface area contributed by atoms with Gasteiger partial charge in [0.15, 0.2) is 0 Å². The van der Waals surface area contributed by atoms with Crippen molar-refractivity contribution in [2.45, 2.75) is 13.5 Å². The minimum Gasteiger partial charge on any atom is -0.368 e. The molecule has 4 nitrogen and oxygen atoms in total. The number of nitrogens with two attached hydrogens (primary N) is 1.